The Morgan fingerprint density at radius 2 is 0.529 bits per heavy atom. The zero-order valence-corrected chi connectivity index (χ0v) is 11.9. The molecule has 0 atom stereocenters. The van der Waals surface area contributed by atoms with Crippen LogP contribution in [0, 0.1) is 0 Å². The zero-order valence-electron chi connectivity index (χ0n) is 9.17. The van der Waals surface area contributed by atoms with Crippen LogP contribution in [0.2, 0.25) is 0 Å². The van der Waals surface area contributed by atoms with Crippen molar-refractivity contribution in [2.75, 3.05) is 20.0 Å². The van der Waals surface area contributed by atoms with Gasteiger partial charge >= 0.3 is 16.8 Å². The SMILES string of the molecule is CP(=O)([O-])[O-].CP(=O)([O-])[O-].CP(=O)([O-])[O-].[B+3].[B+3]. The molecule has 0 saturated heterocycles. The average Bonchev–Trinajstić information content (AvgIpc) is 1.41. The molecule has 17 heavy (non-hydrogen) atoms. The van der Waals surface area contributed by atoms with Crippen LogP contribution in [-0.2, 0) is 13.7 Å². The summed E-state index contributed by atoms with van der Waals surface area (Å²) in [6.45, 7) is 1.90. The van der Waals surface area contributed by atoms with Crippen molar-refractivity contribution in [3.63, 3.8) is 0 Å². The van der Waals surface area contributed by atoms with E-state index in [2.05, 4.69) is 0 Å². The first kappa shape index (κ1) is 30.5. The standard InChI is InChI=1S/3CH5O3P.2B/c3*1-5(2,3)4;;/h3*1H3,(H2,2,3,4);;/q;;;2*+3/p-6. The summed E-state index contributed by atoms with van der Waals surface area (Å²) in [5, 5.41) is 0. The molecule has 0 spiro atoms. The first-order chi connectivity index (χ1) is 6.00. The van der Waals surface area contributed by atoms with Gasteiger partial charge in [-0.15, -0.1) is 0 Å². The van der Waals surface area contributed by atoms with E-state index in [1.165, 1.54) is 0 Å². The van der Waals surface area contributed by atoms with Gasteiger partial charge in [0.05, 0.1) is 0 Å². The summed E-state index contributed by atoms with van der Waals surface area (Å²) in [5.41, 5.74) is 0. The molecule has 0 saturated carbocycles. The van der Waals surface area contributed by atoms with Crippen LogP contribution in [-0.4, -0.2) is 36.8 Å². The van der Waals surface area contributed by atoms with E-state index in [-0.39, 0.29) is 16.8 Å². The summed E-state index contributed by atoms with van der Waals surface area (Å²) in [7, 11) is -12.4. The molecule has 0 aromatic heterocycles. The molecule has 0 heterocycles. The van der Waals surface area contributed by atoms with E-state index in [1.807, 2.05) is 0 Å². The fraction of sp³-hybridized carbons (Fsp3) is 1.00. The molecule has 0 unspecified atom stereocenters. The van der Waals surface area contributed by atoms with Gasteiger partial charge in [0.1, 0.15) is 0 Å². The van der Waals surface area contributed by atoms with Crippen LogP contribution in [0.5, 0.6) is 0 Å². The van der Waals surface area contributed by atoms with Crippen LogP contribution in [0.15, 0.2) is 0 Å². The number of hydrogen-bond donors (Lipinski definition) is 0. The van der Waals surface area contributed by atoms with Crippen molar-refractivity contribution in [1.82, 2.24) is 0 Å². The van der Waals surface area contributed by atoms with Gasteiger partial charge in [0.15, 0.2) is 0 Å². The molecule has 0 rings (SSSR count). The molecule has 0 bridgehead atoms. The third-order valence-electron chi connectivity index (χ3n) is 0. The van der Waals surface area contributed by atoms with Gasteiger partial charge in [0, 0.05) is 0 Å². The molecular weight excluding hydrogens is 295 g/mol. The van der Waals surface area contributed by atoms with Crippen LogP contribution in [0.25, 0.3) is 0 Å². The third kappa shape index (κ3) is 10500. The van der Waals surface area contributed by atoms with E-state index in [0.717, 1.165) is 0 Å². The Morgan fingerprint density at radius 3 is 0.529 bits per heavy atom. The van der Waals surface area contributed by atoms with Gasteiger partial charge in [0.2, 0.25) is 0 Å². The molecule has 0 amide bonds. The van der Waals surface area contributed by atoms with Gasteiger partial charge in [-0.2, -0.15) is 0 Å². The Hall–Kier alpha value is 0.580. The van der Waals surface area contributed by atoms with Gasteiger partial charge in [0.25, 0.3) is 0 Å². The minimum absolute atomic E-state index is 0. The maximum atomic E-state index is 9.10. The number of hydrogen-bond acceptors (Lipinski definition) is 9. The topological polar surface area (TPSA) is 190 Å². The van der Waals surface area contributed by atoms with Crippen molar-refractivity contribution in [3.05, 3.63) is 0 Å². The molecule has 0 aliphatic heterocycles. The average molecular weight is 304 g/mol. The summed E-state index contributed by atoms with van der Waals surface area (Å²) in [6.07, 6.45) is 0. The van der Waals surface area contributed by atoms with Gasteiger partial charge in [-0.05, 0) is 20.0 Å². The van der Waals surface area contributed by atoms with Crippen molar-refractivity contribution >= 4 is 39.6 Å². The Morgan fingerprint density at radius 1 is 0.529 bits per heavy atom. The van der Waals surface area contributed by atoms with E-state index < -0.39 is 22.8 Å². The third-order valence-corrected chi connectivity index (χ3v) is 0. The van der Waals surface area contributed by atoms with Crippen molar-refractivity contribution in [2.24, 2.45) is 0 Å². The van der Waals surface area contributed by atoms with Gasteiger partial charge in [-0.25, -0.2) is 0 Å². The molecule has 96 valence electrons. The molecule has 0 aromatic rings. The molecule has 0 N–H and O–H groups in total. The van der Waals surface area contributed by atoms with Crippen LogP contribution in [0.4, 0.5) is 0 Å². The van der Waals surface area contributed by atoms with Crippen molar-refractivity contribution in [1.29, 1.82) is 0 Å². The largest absolute Gasteiger partial charge is 3.00 e. The smallest absolute Gasteiger partial charge is 0.811 e. The molecule has 0 radical (unpaired) electrons. The quantitative estimate of drug-likeness (QED) is 0.311. The summed E-state index contributed by atoms with van der Waals surface area (Å²) < 4.78 is 27.3. The van der Waals surface area contributed by atoms with E-state index >= 15 is 0 Å². The molecule has 0 aliphatic carbocycles. The molecule has 14 heteroatoms. The number of rotatable bonds is 0. The summed E-state index contributed by atoms with van der Waals surface area (Å²) >= 11 is 0. The molecule has 0 aromatic carbocycles. The fourth-order valence-corrected chi connectivity index (χ4v) is 0. The van der Waals surface area contributed by atoms with Crippen molar-refractivity contribution < 1.29 is 43.1 Å². The Labute approximate surface area is 103 Å². The molecule has 9 nitrogen and oxygen atoms in total. The Balaban J connectivity index is -0.0000000400. The second-order valence-corrected chi connectivity index (χ2v) is 6.94. The second kappa shape index (κ2) is 11.7. The normalized spacial score (nSPS) is 10.4. The molecular formula is C3H9B2O9P3. The van der Waals surface area contributed by atoms with E-state index in [9.17, 15) is 0 Å². The summed E-state index contributed by atoms with van der Waals surface area (Å²) in [6, 6.07) is 0. The minimum atomic E-state index is -4.14. The van der Waals surface area contributed by atoms with Gasteiger partial charge in [-0.3, -0.25) is 0 Å². The van der Waals surface area contributed by atoms with Crippen molar-refractivity contribution in [3.8, 4) is 0 Å². The predicted molar refractivity (Wildman–Crippen MR) is 52.1 cm³/mol. The van der Waals surface area contributed by atoms with Crippen LogP contribution in [0.3, 0.4) is 0 Å². The van der Waals surface area contributed by atoms with E-state index in [4.69, 9.17) is 43.1 Å². The Bertz CT molecular complexity index is 216. The summed E-state index contributed by atoms with van der Waals surface area (Å²) in [4.78, 5) is 54.6. The predicted octanol–water partition coefficient (Wildman–Crippen LogP) is -5.17. The maximum absolute atomic E-state index is 9.10. The van der Waals surface area contributed by atoms with Crippen LogP contribution in [0.1, 0.15) is 0 Å². The van der Waals surface area contributed by atoms with E-state index in [0.29, 0.717) is 20.0 Å². The first-order valence-corrected chi connectivity index (χ1v) is 8.95. The fourth-order valence-electron chi connectivity index (χ4n) is 0. The second-order valence-electron chi connectivity index (χ2n) is 2.31. The molecule has 0 fully saturated rings. The summed E-state index contributed by atoms with van der Waals surface area (Å²) in [5.74, 6) is 0. The Kier molecular flexibility index (Phi) is 20.9. The van der Waals surface area contributed by atoms with Gasteiger partial charge < -0.3 is 43.1 Å². The maximum Gasteiger partial charge on any atom is 3.00 e. The van der Waals surface area contributed by atoms with Crippen LogP contribution < -0.4 is 29.4 Å². The molecule has 0 aliphatic rings. The zero-order chi connectivity index (χ0) is 13.5. The van der Waals surface area contributed by atoms with Crippen LogP contribution >= 0.6 is 22.8 Å². The van der Waals surface area contributed by atoms with Crippen molar-refractivity contribution in [2.45, 2.75) is 0 Å². The van der Waals surface area contributed by atoms with E-state index in [1.54, 1.807) is 0 Å². The first-order valence-electron chi connectivity index (χ1n) is 2.98. The monoisotopic (exact) mass is 304 g/mol. The van der Waals surface area contributed by atoms with Gasteiger partial charge in [-0.1, -0.05) is 22.8 Å². The minimum Gasteiger partial charge on any atom is -0.811 e.